The number of amides is 4. The van der Waals surface area contributed by atoms with Crippen molar-refractivity contribution in [1.29, 1.82) is 0 Å². The summed E-state index contributed by atoms with van der Waals surface area (Å²) < 4.78 is 5.42. The molecule has 0 heterocycles. The Morgan fingerprint density at radius 2 is 1.30 bits per heavy atom. The quantitative estimate of drug-likeness (QED) is 0.183. The monoisotopic (exact) mass is 622 g/mol. The minimum Gasteiger partial charge on any atom is -0.481 e. The molecule has 0 aromatic carbocycles. The molecule has 12 heteroatoms. The lowest BCUT2D eigenvalue weighted by molar-refractivity contribution is -0.156. The average molecular weight is 623 g/mol. The lowest BCUT2D eigenvalue weighted by Gasteiger charge is -2.32. The van der Waals surface area contributed by atoms with Crippen molar-refractivity contribution in [2.75, 3.05) is 7.05 Å². The van der Waals surface area contributed by atoms with Gasteiger partial charge in [0.1, 0.15) is 23.7 Å². The number of rotatable bonds is 14. The van der Waals surface area contributed by atoms with Gasteiger partial charge in [0.05, 0.1) is 18.3 Å². The Labute approximate surface area is 261 Å². The fourth-order valence-corrected chi connectivity index (χ4v) is 6.19. The van der Waals surface area contributed by atoms with Gasteiger partial charge < -0.3 is 31.1 Å². The van der Waals surface area contributed by atoms with Crippen molar-refractivity contribution < 1.29 is 38.6 Å². The molecule has 5 unspecified atom stereocenters. The highest BCUT2D eigenvalue weighted by molar-refractivity contribution is 5.96. The summed E-state index contributed by atoms with van der Waals surface area (Å²) in [5.41, 5.74) is -0.831. The summed E-state index contributed by atoms with van der Waals surface area (Å²) in [6.45, 7) is 8.88. The molecule has 2 saturated carbocycles. The summed E-state index contributed by atoms with van der Waals surface area (Å²) in [7, 11) is 1.46. The standard InChI is InChI=1S/C32H54N4O8/c1-19(2)16-23(28(39)33-6)35-30(41)25(18-26(37)44-32(3,4)5)36-29(40)24(17-20-12-8-7-9-13-20)34-27(38)21-14-10-11-15-22(21)31(42)43/h19-25H,7-18H2,1-6H3,(H,33,39)(H,34,38)(H,35,41)(H,36,40)(H,42,43). The van der Waals surface area contributed by atoms with Gasteiger partial charge in [-0.3, -0.25) is 28.8 Å². The Morgan fingerprint density at radius 3 is 1.84 bits per heavy atom. The van der Waals surface area contributed by atoms with Gasteiger partial charge in [0, 0.05) is 7.05 Å². The number of carboxylic acid groups (broad SMARTS) is 1. The van der Waals surface area contributed by atoms with Gasteiger partial charge in [-0.15, -0.1) is 0 Å². The van der Waals surface area contributed by atoms with E-state index in [1.54, 1.807) is 20.8 Å². The molecule has 2 aliphatic rings. The van der Waals surface area contributed by atoms with Crippen molar-refractivity contribution in [1.82, 2.24) is 21.3 Å². The average Bonchev–Trinajstić information content (AvgIpc) is 2.94. The molecule has 12 nitrogen and oxygen atoms in total. The zero-order valence-electron chi connectivity index (χ0n) is 27.3. The number of hydrogen-bond donors (Lipinski definition) is 5. The summed E-state index contributed by atoms with van der Waals surface area (Å²) >= 11 is 0. The largest absolute Gasteiger partial charge is 0.481 e. The van der Waals surface area contributed by atoms with Crippen molar-refractivity contribution in [3.63, 3.8) is 0 Å². The van der Waals surface area contributed by atoms with Crippen LogP contribution in [0.2, 0.25) is 0 Å². The maximum absolute atomic E-state index is 13.8. The van der Waals surface area contributed by atoms with E-state index in [0.717, 1.165) is 44.9 Å². The molecule has 0 aromatic heterocycles. The molecular formula is C32H54N4O8. The number of carbonyl (C=O) groups is 6. The fourth-order valence-electron chi connectivity index (χ4n) is 6.19. The Balaban J connectivity index is 2.32. The summed E-state index contributed by atoms with van der Waals surface area (Å²) in [5, 5.41) is 20.4. The zero-order valence-corrected chi connectivity index (χ0v) is 27.3. The molecule has 2 aliphatic carbocycles. The van der Waals surface area contributed by atoms with Crippen LogP contribution in [0.4, 0.5) is 0 Å². The lowest BCUT2D eigenvalue weighted by Crippen LogP contribution is -2.58. The van der Waals surface area contributed by atoms with Crippen LogP contribution in [0.15, 0.2) is 0 Å². The second-order valence-corrected chi connectivity index (χ2v) is 13.8. The van der Waals surface area contributed by atoms with Crippen LogP contribution in [-0.4, -0.2) is 71.4 Å². The highest BCUT2D eigenvalue weighted by Crippen LogP contribution is 2.31. The van der Waals surface area contributed by atoms with Crippen molar-refractivity contribution in [2.45, 2.75) is 135 Å². The molecule has 5 N–H and O–H groups in total. The van der Waals surface area contributed by atoms with Gasteiger partial charge in [-0.1, -0.05) is 58.8 Å². The maximum atomic E-state index is 13.8. The highest BCUT2D eigenvalue weighted by Gasteiger charge is 2.39. The van der Waals surface area contributed by atoms with Gasteiger partial charge in [-0.2, -0.15) is 0 Å². The maximum Gasteiger partial charge on any atom is 0.308 e. The summed E-state index contributed by atoms with van der Waals surface area (Å²) in [5.74, 6) is -5.34. The van der Waals surface area contributed by atoms with Gasteiger partial charge in [0.2, 0.25) is 23.6 Å². The van der Waals surface area contributed by atoms with Gasteiger partial charge >= 0.3 is 11.9 Å². The molecule has 44 heavy (non-hydrogen) atoms. The van der Waals surface area contributed by atoms with E-state index in [1.165, 1.54) is 7.05 Å². The Morgan fingerprint density at radius 1 is 0.750 bits per heavy atom. The predicted octanol–water partition coefficient (Wildman–Crippen LogP) is 2.83. The van der Waals surface area contributed by atoms with E-state index in [-0.39, 0.29) is 11.8 Å². The van der Waals surface area contributed by atoms with Gasteiger partial charge in [-0.25, -0.2) is 0 Å². The van der Waals surface area contributed by atoms with Crippen molar-refractivity contribution in [3.8, 4) is 0 Å². The molecule has 5 atom stereocenters. The molecule has 4 amide bonds. The zero-order chi connectivity index (χ0) is 33.0. The van der Waals surface area contributed by atoms with E-state index < -0.39 is 77.6 Å². The van der Waals surface area contributed by atoms with Gasteiger partial charge in [0.25, 0.3) is 0 Å². The Hall–Kier alpha value is -3.18. The van der Waals surface area contributed by atoms with Crippen molar-refractivity contribution in [2.24, 2.45) is 23.7 Å². The molecule has 0 aliphatic heterocycles. The third kappa shape index (κ3) is 12.4. The summed E-state index contributed by atoms with van der Waals surface area (Å²) in [6, 6.07) is -3.28. The molecular weight excluding hydrogens is 568 g/mol. The van der Waals surface area contributed by atoms with Crippen LogP contribution < -0.4 is 21.3 Å². The van der Waals surface area contributed by atoms with E-state index in [9.17, 15) is 33.9 Å². The molecule has 0 radical (unpaired) electrons. The van der Waals surface area contributed by atoms with E-state index in [0.29, 0.717) is 25.7 Å². The second kappa shape index (κ2) is 17.3. The first-order valence-corrected chi connectivity index (χ1v) is 16.2. The number of aliphatic carboxylic acids is 1. The fraction of sp³-hybridized carbons (Fsp3) is 0.812. The molecule has 2 rings (SSSR count). The molecule has 0 aromatic rings. The Bertz CT molecular complexity index is 1020. The molecule has 0 saturated heterocycles. The van der Waals surface area contributed by atoms with E-state index in [4.69, 9.17) is 4.74 Å². The number of carboxylic acids is 1. The summed E-state index contributed by atoms with van der Waals surface area (Å²) in [6.07, 6.45) is 7.36. The Kier molecular flexibility index (Phi) is 14.6. The van der Waals surface area contributed by atoms with Crippen LogP contribution in [-0.2, 0) is 33.5 Å². The minimum atomic E-state index is -1.37. The van der Waals surface area contributed by atoms with Crippen molar-refractivity contribution in [3.05, 3.63) is 0 Å². The van der Waals surface area contributed by atoms with E-state index >= 15 is 0 Å². The molecule has 2 fully saturated rings. The molecule has 250 valence electrons. The van der Waals surface area contributed by atoms with Gasteiger partial charge in [-0.05, 0) is 58.3 Å². The second-order valence-electron chi connectivity index (χ2n) is 13.8. The highest BCUT2D eigenvalue weighted by atomic mass is 16.6. The lowest BCUT2D eigenvalue weighted by atomic mass is 9.78. The van der Waals surface area contributed by atoms with Crippen LogP contribution in [0, 0.1) is 23.7 Å². The minimum absolute atomic E-state index is 0.0704. The number of esters is 1. The third-order valence-corrected chi connectivity index (χ3v) is 8.36. The normalized spacial score (nSPS) is 21.3. The van der Waals surface area contributed by atoms with Crippen LogP contribution >= 0.6 is 0 Å². The van der Waals surface area contributed by atoms with E-state index in [1.807, 2.05) is 13.8 Å². The predicted molar refractivity (Wildman–Crippen MR) is 164 cm³/mol. The smallest absolute Gasteiger partial charge is 0.308 e. The summed E-state index contributed by atoms with van der Waals surface area (Å²) in [4.78, 5) is 78.0. The topological polar surface area (TPSA) is 180 Å². The number of carbonyl (C=O) groups excluding carboxylic acids is 5. The van der Waals surface area contributed by atoms with Crippen LogP contribution in [0.25, 0.3) is 0 Å². The van der Waals surface area contributed by atoms with Crippen LogP contribution in [0.5, 0.6) is 0 Å². The third-order valence-electron chi connectivity index (χ3n) is 8.36. The van der Waals surface area contributed by atoms with Crippen LogP contribution in [0.3, 0.4) is 0 Å². The van der Waals surface area contributed by atoms with Crippen LogP contribution in [0.1, 0.15) is 112 Å². The van der Waals surface area contributed by atoms with Gasteiger partial charge in [0.15, 0.2) is 0 Å². The van der Waals surface area contributed by atoms with Crippen molar-refractivity contribution >= 4 is 35.6 Å². The molecule has 0 bridgehead atoms. The number of ether oxygens (including phenoxy) is 1. The first-order chi connectivity index (χ1) is 20.6. The SMILES string of the molecule is CNC(=O)C(CC(C)C)NC(=O)C(CC(=O)OC(C)(C)C)NC(=O)C(CC1CCCCC1)NC(=O)C1CCCCC1C(=O)O. The molecule has 0 spiro atoms. The number of likely N-dealkylation sites (N-methyl/N-ethyl adjacent to an activating group) is 1. The van der Waals surface area contributed by atoms with E-state index in [2.05, 4.69) is 21.3 Å². The first-order valence-electron chi connectivity index (χ1n) is 16.2. The number of hydrogen-bond acceptors (Lipinski definition) is 7. The first kappa shape index (κ1) is 37.0. The number of nitrogens with one attached hydrogen (secondary N) is 4.